The van der Waals surface area contributed by atoms with Crippen molar-refractivity contribution in [2.75, 3.05) is 29.6 Å². The van der Waals surface area contributed by atoms with Gasteiger partial charge in [0.05, 0.1) is 0 Å². The van der Waals surface area contributed by atoms with Gasteiger partial charge >= 0.3 is 6.03 Å². The Hall–Kier alpha value is -0.360. The highest BCUT2D eigenvalue weighted by Gasteiger charge is 2.52. The van der Waals surface area contributed by atoms with E-state index < -0.39 is 5.54 Å². The van der Waals surface area contributed by atoms with Crippen molar-refractivity contribution < 1.29 is 9.59 Å². The summed E-state index contributed by atoms with van der Waals surface area (Å²) in [5.74, 6) is 3.53. The van der Waals surface area contributed by atoms with Gasteiger partial charge in [0.25, 0.3) is 5.91 Å². The van der Waals surface area contributed by atoms with Crippen LogP contribution in [-0.4, -0.2) is 51.9 Å². The van der Waals surface area contributed by atoms with Gasteiger partial charge in [0, 0.05) is 18.1 Å². The highest BCUT2D eigenvalue weighted by Crippen LogP contribution is 2.33. The number of nitrogens with zero attached hydrogens (tertiary/aromatic N) is 1. The molecule has 2 aliphatic heterocycles. The van der Waals surface area contributed by atoms with Gasteiger partial charge in [-0.2, -0.15) is 23.5 Å². The number of imide groups is 1. The van der Waals surface area contributed by atoms with Crippen molar-refractivity contribution >= 4 is 35.5 Å². The zero-order chi connectivity index (χ0) is 11.6. The second-order valence-corrected chi connectivity index (χ2v) is 6.47. The molecule has 1 unspecified atom stereocenters. The minimum Gasteiger partial charge on any atom is -0.322 e. The predicted molar refractivity (Wildman–Crippen MR) is 67.9 cm³/mol. The maximum absolute atomic E-state index is 12.2. The van der Waals surface area contributed by atoms with Crippen molar-refractivity contribution in [3.8, 4) is 0 Å². The molecule has 3 amide bonds. The van der Waals surface area contributed by atoms with Crippen LogP contribution in [0.15, 0.2) is 0 Å². The Balaban J connectivity index is 1.99. The lowest BCUT2D eigenvalue weighted by Crippen LogP contribution is -2.47. The fourth-order valence-electron chi connectivity index (χ4n) is 2.01. The van der Waals surface area contributed by atoms with E-state index in [0.717, 1.165) is 29.4 Å². The van der Waals surface area contributed by atoms with Gasteiger partial charge < -0.3 is 5.32 Å². The number of nitrogens with one attached hydrogen (secondary N) is 1. The van der Waals surface area contributed by atoms with Crippen molar-refractivity contribution in [2.24, 2.45) is 0 Å². The van der Waals surface area contributed by atoms with Crippen LogP contribution in [0.2, 0.25) is 0 Å². The monoisotopic (exact) mass is 260 g/mol. The molecule has 0 aliphatic carbocycles. The Morgan fingerprint density at radius 1 is 1.56 bits per heavy atom. The topological polar surface area (TPSA) is 49.4 Å². The summed E-state index contributed by atoms with van der Waals surface area (Å²) in [4.78, 5) is 25.3. The van der Waals surface area contributed by atoms with E-state index in [4.69, 9.17) is 0 Å². The molecule has 0 saturated carbocycles. The molecule has 90 valence electrons. The molecule has 1 atom stereocenters. The number of carbonyl (C=O) groups excluding carboxylic acids is 2. The van der Waals surface area contributed by atoms with Crippen molar-refractivity contribution in [2.45, 2.75) is 18.9 Å². The van der Waals surface area contributed by atoms with E-state index in [-0.39, 0.29) is 11.9 Å². The molecule has 2 aliphatic rings. The molecule has 2 fully saturated rings. The van der Waals surface area contributed by atoms with Crippen LogP contribution < -0.4 is 5.32 Å². The lowest BCUT2D eigenvalue weighted by atomic mass is 9.99. The molecule has 1 spiro atoms. The summed E-state index contributed by atoms with van der Waals surface area (Å²) in [6, 6.07) is -0.204. The molecule has 0 aromatic heterocycles. The van der Waals surface area contributed by atoms with Gasteiger partial charge in [-0.3, -0.25) is 9.69 Å². The van der Waals surface area contributed by atoms with E-state index in [1.165, 1.54) is 4.90 Å². The number of rotatable bonds is 4. The first-order chi connectivity index (χ1) is 7.69. The van der Waals surface area contributed by atoms with Crippen molar-refractivity contribution in [1.82, 2.24) is 10.2 Å². The van der Waals surface area contributed by atoms with Crippen molar-refractivity contribution in [1.29, 1.82) is 0 Å². The van der Waals surface area contributed by atoms with E-state index in [1.807, 2.05) is 0 Å². The first-order valence-corrected chi connectivity index (χ1v) is 7.80. The predicted octanol–water partition coefficient (Wildman–Crippen LogP) is 1.17. The van der Waals surface area contributed by atoms with Gasteiger partial charge in [0.2, 0.25) is 0 Å². The fraction of sp³-hybridized carbons (Fsp3) is 0.800. The quantitative estimate of drug-likeness (QED) is 0.609. The second kappa shape index (κ2) is 4.87. The molecule has 0 radical (unpaired) electrons. The Morgan fingerprint density at radius 2 is 2.38 bits per heavy atom. The lowest BCUT2D eigenvalue weighted by Gasteiger charge is -2.19. The third kappa shape index (κ3) is 2.05. The molecule has 0 aromatic carbocycles. The Morgan fingerprint density at radius 3 is 3.00 bits per heavy atom. The average Bonchev–Trinajstić information content (AvgIpc) is 2.80. The van der Waals surface area contributed by atoms with Gasteiger partial charge in [-0.1, -0.05) is 6.92 Å². The van der Waals surface area contributed by atoms with Crippen LogP contribution in [0.1, 0.15) is 13.3 Å². The van der Waals surface area contributed by atoms with E-state index in [0.29, 0.717) is 6.54 Å². The highest BCUT2D eigenvalue weighted by molar-refractivity contribution is 7.99. The molecule has 4 nitrogen and oxygen atoms in total. The summed E-state index contributed by atoms with van der Waals surface area (Å²) >= 11 is 3.49. The van der Waals surface area contributed by atoms with Crippen LogP contribution >= 0.6 is 23.5 Å². The van der Waals surface area contributed by atoms with Crippen LogP contribution in [0.4, 0.5) is 4.79 Å². The molecule has 0 aromatic rings. The molecule has 2 saturated heterocycles. The summed E-state index contributed by atoms with van der Waals surface area (Å²) in [6.45, 7) is 2.61. The van der Waals surface area contributed by atoms with Crippen molar-refractivity contribution in [3.05, 3.63) is 0 Å². The Kier molecular flexibility index (Phi) is 3.69. The highest BCUT2D eigenvalue weighted by atomic mass is 32.2. The van der Waals surface area contributed by atoms with Gasteiger partial charge in [0.1, 0.15) is 5.54 Å². The molecular weight excluding hydrogens is 244 g/mol. The normalized spacial score (nSPS) is 29.2. The van der Waals surface area contributed by atoms with E-state index >= 15 is 0 Å². The number of hydrogen-bond acceptors (Lipinski definition) is 4. The minimum absolute atomic E-state index is 0.0146. The van der Waals surface area contributed by atoms with Crippen LogP contribution in [0, 0.1) is 0 Å². The maximum atomic E-state index is 12.2. The fourth-order valence-corrected chi connectivity index (χ4v) is 3.94. The summed E-state index contributed by atoms with van der Waals surface area (Å²) in [5.41, 5.74) is -0.571. The number of carbonyl (C=O) groups is 2. The first-order valence-electron chi connectivity index (χ1n) is 5.49. The lowest BCUT2D eigenvalue weighted by molar-refractivity contribution is -0.130. The summed E-state index contributed by atoms with van der Waals surface area (Å²) in [7, 11) is 0. The van der Waals surface area contributed by atoms with Gasteiger partial charge in [-0.15, -0.1) is 0 Å². The van der Waals surface area contributed by atoms with Crippen LogP contribution in [0.3, 0.4) is 0 Å². The van der Waals surface area contributed by atoms with Gasteiger partial charge in [0.15, 0.2) is 0 Å². The molecule has 2 rings (SSSR count). The van der Waals surface area contributed by atoms with E-state index in [2.05, 4.69) is 12.2 Å². The average molecular weight is 260 g/mol. The molecule has 2 heterocycles. The number of hydrogen-bond donors (Lipinski definition) is 1. The SMILES string of the molecule is CCSCCN1C(=O)NC2(CCSC2)C1=O. The number of amides is 3. The summed E-state index contributed by atoms with van der Waals surface area (Å²) < 4.78 is 0. The molecule has 16 heavy (non-hydrogen) atoms. The van der Waals surface area contributed by atoms with Gasteiger partial charge in [-0.25, -0.2) is 4.79 Å². The third-order valence-corrected chi connectivity index (χ3v) is 5.00. The first kappa shape index (κ1) is 12.1. The van der Waals surface area contributed by atoms with E-state index in [9.17, 15) is 9.59 Å². The zero-order valence-electron chi connectivity index (χ0n) is 9.32. The minimum atomic E-state index is -0.571. The van der Waals surface area contributed by atoms with E-state index in [1.54, 1.807) is 23.5 Å². The van der Waals surface area contributed by atoms with Crippen LogP contribution in [-0.2, 0) is 4.79 Å². The summed E-state index contributed by atoms with van der Waals surface area (Å²) in [6.07, 6.45) is 0.777. The van der Waals surface area contributed by atoms with Crippen LogP contribution in [0.5, 0.6) is 0 Å². The summed E-state index contributed by atoms with van der Waals surface area (Å²) in [5, 5.41) is 2.86. The Labute approximate surface area is 104 Å². The number of urea groups is 1. The third-order valence-electron chi connectivity index (χ3n) is 2.93. The Bertz CT molecular complexity index is 303. The standard InChI is InChI=1S/C10H16N2O2S2/c1-2-15-6-4-12-8(13)10(11-9(12)14)3-5-16-7-10/h2-7H2,1H3,(H,11,14). The molecule has 0 bridgehead atoms. The van der Waals surface area contributed by atoms with Gasteiger partial charge in [-0.05, 0) is 17.9 Å². The number of thioether (sulfide) groups is 2. The molecular formula is C10H16N2O2S2. The largest absolute Gasteiger partial charge is 0.325 e. The van der Waals surface area contributed by atoms with Crippen LogP contribution in [0.25, 0.3) is 0 Å². The molecule has 6 heteroatoms. The smallest absolute Gasteiger partial charge is 0.322 e. The molecule has 1 N–H and O–H groups in total. The zero-order valence-corrected chi connectivity index (χ0v) is 11.0. The van der Waals surface area contributed by atoms with Crippen molar-refractivity contribution in [3.63, 3.8) is 0 Å². The maximum Gasteiger partial charge on any atom is 0.325 e. The second-order valence-electron chi connectivity index (χ2n) is 3.97.